The van der Waals surface area contributed by atoms with Gasteiger partial charge in [0, 0.05) is 17.4 Å². The van der Waals surface area contributed by atoms with Crippen LogP contribution in [0.4, 0.5) is 13.2 Å². The van der Waals surface area contributed by atoms with Crippen LogP contribution in [-0.4, -0.2) is 11.3 Å². The van der Waals surface area contributed by atoms with E-state index in [0.29, 0.717) is 39.3 Å². The summed E-state index contributed by atoms with van der Waals surface area (Å²) in [6.07, 6.45) is -3.43. The van der Waals surface area contributed by atoms with Gasteiger partial charge < -0.3 is 5.11 Å². The highest BCUT2D eigenvalue weighted by Gasteiger charge is 2.39. The molecule has 27 heavy (non-hydrogen) atoms. The molecule has 4 rings (SSSR count). The zero-order valence-electron chi connectivity index (χ0n) is 14.6. The molecule has 2 aliphatic carbocycles. The molecule has 1 unspecified atom stereocenters. The number of benzene rings is 2. The first-order chi connectivity index (χ1) is 12.8. The van der Waals surface area contributed by atoms with Crippen LogP contribution in [0.3, 0.4) is 0 Å². The van der Waals surface area contributed by atoms with E-state index in [-0.39, 0.29) is 24.0 Å². The molecule has 0 saturated heterocycles. The van der Waals surface area contributed by atoms with E-state index in [9.17, 15) is 23.5 Å². The number of aliphatic hydroxyl groups excluding tert-OH is 1. The minimum atomic E-state index is -1.43. The number of fused-ring (bicyclic) bond motifs is 2. The third-order valence-corrected chi connectivity index (χ3v) is 6.22. The van der Waals surface area contributed by atoms with Gasteiger partial charge >= 0.3 is 0 Å². The van der Waals surface area contributed by atoms with E-state index in [4.69, 9.17) is 11.6 Å². The number of nitrogens with zero attached hydrogens (tertiary/aromatic N) is 1. The molecular formula is C21H17ClF3NO. The van der Waals surface area contributed by atoms with Gasteiger partial charge in [-0.25, -0.2) is 13.2 Å². The molecule has 140 valence electrons. The first-order valence-corrected chi connectivity index (χ1v) is 9.22. The Morgan fingerprint density at radius 2 is 1.89 bits per heavy atom. The first-order valence-electron chi connectivity index (χ1n) is 8.84. The van der Waals surface area contributed by atoms with Crippen molar-refractivity contribution in [2.45, 2.75) is 50.6 Å². The topological polar surface area (TPSA) is 44.0 Å². The molecule has 0 heterocycles. The van der Waals surface area contributed by atoms with Gasteiger partial charge in [0.1, 0.15) is 24.3 Å². The SMILES string of the molecule is Cc1c(Cl)cc(C2CC[C@H](F)c3cc(F)cc(C#N)c32)c2c1[C@H](O)[C@H](F)C2. The Morgan fingerprint density at radius 3 is 2.59 bits per heavy atom. The number of alkyl halides is 2. The Balaban J connectivity index is 1.97. The van der Waals surface area contributed by atoms with Crippen LogP contribution in [0.1, 0.15) is 70.0 Å². The van der Waals surface area contributed by atoms with Crippen molar-refractivity contribution in [2.75, 3.05) is 0 Å². The molecule has 2 aromatic rings. The molecule has 1 N–H and O–H groups in total. The zero-order chi connectivity index (χ0) is 19.5. The summed E-state index contributed by atoms with van der Waals surface area (Å²) in [5.41, 5.74) is 3.16. The van der Waals surface area contributed by atoms with Gasteiger partial charge in [-0.05, 0) is 71.3 Å². The summed E-state index contributed by atoms with van der Waals surface area (Å²) in [6, 6.07) is 5.92. The van der Waals surface area contributed by atoms with Crippen LogP contribution in [0.2, 0.25) is 5.02 Å². The Kier molecular flexibility index (Phi) is 4.44. The average Bonchev–Trinajstić information content (AvgIpc) is 2.94. The fourth-order valence-corrected chi connectivity index (χ4v) is 4.79. The van der Waals surface area contributed by atoms with Gasteiger partial charge in [0.25, 0.3) is 0 Å². The van der Waals surface area contributed by atoms with Crippen molar-refractivity contribution < 1.29 is 18.3 Å². The van der Waals surface area contributed by atoms with E-state index in [1.54, 1.807) is 13.0 Å². The molecule has 0 aromatic heterocycles. The molecule has 2 aliphatic rings. The lowest BCUT2D eigenvalue weighted by molar-refractivity contribution is 0.0921. The lowest BCUT2D eigenvalue weighted by Gasteiger charge is -2.31. The predicted molar refractivity (Wildman–Crippen MR) is 95.8 cm³/mol. The van der Waals surface area contributed by atoms with Crippen LogP contribution in [0, 0.1) is 24.1 Å². The zero-order valence-corrected chi connectivity index (χ0v) is 15.3. The van der Waals surface area contributed by atoms with Crippen molar-refractivity contribution in [2.24, 2.45) is 0 Å². The summed E-state index contributed by atoms with van der Waals surface area (Å²) in [5, 5.41) is 20.1. The molecule has 4 atom stereocenters. The fraction of sp³-hybridized carbons (Fsp3) is 0.381. The van der Waals surface area contributed by atoms with Crippen molar-refractivity contribution in [3.8, 4) is 6.07 Å². The largest absolute Gasteiger partial charge is 0.385 e. The monoisotopic (exact) mass is 391 g/mol. The van der Waals surface area contributed by atoms with Gasteiger partial charge in [-0.3, -0.25) is 0 Å². The normalized spacial score (nSPS) is 26.4. The summed E-state index contributed by atoms with van der Waals surface area (Å²) >= 11 is 6.35. The summed E-state index contributed by atoms with van der Waals surface area (Å²) < 4.78 is 42.6. The third kappa shape index (κ3) is 2.74. The van der Waals surface area contributed by atoms with Crippen molar-refractivity contribution in [3.63, 3.8) is 0 Å². The lowest BCUT2D eigenvalue weighted by atomic mass is 9.74. The standard InChI is InChI=1S/C21H17ClF3NO/c1-9-16(22)6-13(14-7-18(25)21(27)19(9)14)12-2-3-17(24)15-5-11(23)4-10(8-26)20(12)15/h4-6,12,17-18,21,27H,2-3,7H2,1H3/t12?,17-,18+,21+/m0/s1. The van der Waals surface area contributed by atoms with Crippen LogP contribution in [-0.2, 0) is 6.42 Å². The van der Waals surface area contributed by atoms with Crippen molar-refractivity contribution in [3.05, 3.63) is 68.0 Å². The van der Waals surface area contributed by atoms with E-state index < -0.39 is 30.2 Å². The van der Waals surface area contributed by atoms with E-state index in [2.05, 4.69) is 0 Å². The molecule has 2 nitrogen and oxygen atoms in total. The smallest absolute Gasteiger partial charge is 0.134 e. The Bertz CT molecular complexity index is 985. The van der Waals surface area contributed by atoms with E-state index in [0.717, 1.165) is 12.1 Å². The molecular weight excluding hydrogens is 375 g/mol. The molecule has 0 spiro atoms. The molecule has 2 aromatic carbocycles. The van der Waals surface area contributed by atoms with Gasteiger partial charge in [0.15, 0.2) is 0 Å². The minimum Gasteiger partial charge on any atom is -0.385 e. The van der Waals surface area contributed by atoms with Gasteiger partial charge in [0.05, 0.1) is 11.6 Å². The highest BCUT2D eigenvalue weighted by atomic mass is 35.5. The highest BCUT2D eigenvalue weighted by molar-refractivity contribution is 6.31. The first kappa shape index (κ1) is 18.3. The number of nitriles is 1. The average molecular weight is 392 g/mol. The second-order valence-corrected chi connectivity index (χ2v) is 7.70. The van der Waals surface area contributed by atoms with Crippen LogP contribution in [0.5, 0.6) is 0 Å². The van der Waals surface area contributed by atoms with Crippen molar-refractivity contribution >= 4 is 11.6 Å². The molecule has 0 amide bonds. The van der Waals surface area contributed by atoms with Crippen LogP contribution in [0.15, 0.2) is 18.2 Å². The Morgan fingerprint density at radius 1 is 1.15 bits per heavy atom. The van der Waals surface area contributed by atoms with Crippen LogP contribution < -0.4 is 0 Å². The molecule has 0 radical (unpaired) electrons. The summed E-state index contributed by atoms with van der Waals surface area (Å²) in [7, 11) is 0. The van der Waals surface area contributed by atoms with E-state index >= 15 is 0 Å². The third-order valence-electron chi connectivity index (χ3n) is 5.82. The van der Waals surface area contributed by atoms with Crippen LogP contribution >= 0.6 is 11.6 Å². The van der Waals surface area contributed by atoms with Gasteiger partial charge in [-0.2, -0.15) is 5.26 Å². The summed E-state index contributed by atoms with van der Waals surface area (Å²) in [6.45, 7) is 1.73. The molecule has 0 aliphatic heterocycles. The van der Waals surface area contributed by atoms with Crippen molar-refractivity contribution in [1.82, 2.24) is 0 Å². The highest BCUT2D eigenvalue weighted by Crippen LogP contribution is 2.49. The van der Waals surface area contributed by atoms with Gasteiger partial charge in [-0.1, -0.05) is 11.6 Å². The lowest BCUT2D eigenvalue weighted by Crippen LogP contribution is -2.17. The summed E-state index contributed by atoms with van der Waals surface area (Å²) in [4.78, 5) is 0. The van der Waals surface area contributed by atoms with E-state index in [1.165, 1.54) is 0 Å². The maximum Gasteiger partial charge on any atom is 0.134 e. The number of hydrogen-bond acceptors (Lipinski definition) is 2. The van der Waals surface area contributed by atoms with Gasteiger partial charge in [0.2, 0.25) is 0 Å². The second kappa shape index (κ2) is 6.54. The minimum absolute atomic E-state index is 0.0395. The number of halogens is 4. The molecule has 0 saturated carbocycles. The Labute approximate surface area is 160 Å². The number of rotatable bonds is 1. The van der Waals surface area contributed by atoms with E-state index in [1.807, 2.05) is 6.07 Å². The molecule has 0 bridgehead atoms. The van der Waals surface area contributed by atoms with Crippen molar-refractivity contribution in [1.29, 1.82) is 5.26 Å². The van der Waals surface area contributed by atoms with Crippen LogP contribution in [0.25, 0.3) is 0 Å². The predicted octanol–water partition coefficient (Wildman–Crippen LogP) is 5.52. The van der Waals surface area contributed by atoms with Gasteiger partial charge in [-0.15, -0.1) is 0 Å². The number of aliphatic hydroxyl groups is 1. The fourth-order valence-electron chi connectivity index (χ4n) is 4.57. The molecule has 6 heteroatoms. The Hall–Kier alpha value is -2.03. The maximum absolute atomic E-state index is 14.5. The summed E-state index contributed by atoms with van der Waals surface area (Å²) in [5.74, 6) is -1.05. The molecule has 0 fully saturated rings. The second-order valence-electron chi connectivity index (χ2n) is 7.30. The number of hydrogen-bond donors (Lipinski definition) is 1. The maximum atomic E-state index is 14.5. The quantitative estimate of drug-likeness (QED) is 0.695.